The number of hydrogen-bond acceptors (Lipinski definition) is 2. The van der Waals surface area contributed by atoms with Crippen LogP contribution in [0.2, 0.25) is 0 Å². The Hall–Kier alpha value is -2.89. The summed E-state index contributed by atoms with van der Waals surface area (Å²) in [4.78, 5) is 2.58. The van der Waals surface area contributed by atoms with Gasteiger partial charge in [-0.1, -0.05) is 91.0 Å². The fourth-order valence-corrected chi connectivity index (χ4v) is 5.02. The molecule has 3 aromatic carbocycles. The minimum atomic E-state index is -0.597. The molecule has 1 aliphatic rings. The van der Waals surface area contributed by atoms with Gasteiger partial charge in [0.2, 0.25) is 0 Å². The second kappa shape index (κ2) is 9.74. The third-order valence-corrected chi connectivity index (χ3v) is 6.54. The van der Waals surface area contributed by atoms with E-state index < -0.39 is 5.41 Å². The quantitative estimate of drug-likeness (QED) is 0.503. The molecule has 0 N–H and O–H groups in total. The van der Waals surface area contributed by atoms with Gasteiger partial charge in [0.25, 0.3) is 0 Å². The summed E-state index contributed by atoms with van der Waals surface area (Å²) in [6, 6.07) is 34.4. The molecular formula is C28H30N2. The zero-order valence-electron chi connectivity index (χ0n) is 17.6. The van der Waals surface area contributed by atoms with Crippen LogP contribution in [0.3, 0.4) is 0 Å². The number of likely N-dealkylation sites (tertiary alicyclic amines) is 1. The zero-order valence-corrected chi connectivity index (χ0v) is 17.6. The van der Waals surface area contributed by atoms with Gasteiger partial charge < -0.3 is 4.90 Å². The average Bonchev–Trinajstić information content (AvgIpc) is 2.82. The van der Waals surface area contributed by atoms with Gasteiger partial charge in [-0.2, -0.15) is 5.26 Å². The van der Waals surface area contributed by atoms with Crippen molar-refractivity contribution in [3.63, 3.8) is 0 Å². The largest absolute Gasteiger partial charge is 0.303 e. The van der Waals surface area contributed by atoms with Gasteiger partial charge in [-0.15, -0.1) is 0 Å². The molecule has 152 valence electrons. The number of benzene rings is 3. The average molecular weight is 395 g/mol. The first kappa shape index (κ1) is 20.4. The molecule has 0 spiro atoms. The maximum Gasteiger partial charge on any atom is 0.111 e. The summed E-state index contributed by atoms with van der Waals surface area (Å²) in [5.41, 5.74) is 3.05. The molecule has 1 heterocycles. The van der Waals surface area contributed by atoms with Crippen LogP contribution in [-0.2, 0) is 11.8 Å². The summed E-state index contributed by atoms with van der Waals surface area (Å²) in [5, 5.41) is 10.6. The summed E-state index contributed by atoms with van der Waals surface area (Å²) in [6.45, 7) is 3.21. The topological polar surface area (TPSA) is 27.0 Å². The molecule has 1 saturated heterocycles. The van der Waals surface area contributed by atoms with Gasteiger partial charge in [-0.05, 0) is 61.4 Å². The molecule has 0 amide bonds. The molecule has 3 aromatic rings. The Kier molecular flexibility index (Phi) is 6.62. The fourth-order valence-electron chi connectivity index (χ4n) is 5.02. The van der Waals surface area contributed by atoms with Crippen LogP contribution in [0.4, 0.5) is 0 Å². The number of piperidine rings is 1. The second-order valence-electron chi connectivity index (χ2n) is 8.38. The third kappa shape index (κ3) is 4.32. The van der Waals surface area contributed by atoms with Crippen LogP contribution in [0, 0.1) is 17.2 Å². The van der Waals surface area contributed by atoms with Gasteiger partial charge in [0.05, 0.1) is 6.07 Å². The van der Waals surface area contributed by atoms with Crippen molar-refractivity contribution in [1.82, 2.24) is 4.90 Å². The van der Waals surface area contributed by atoms with Gasteiger partial charge in [0, 0.05) is 6.54 Å². The molecule has 1 aliphatic heterocycles. The Morgan fingerprint density at radius 1 is 0.833 bits per heavy atom. The van der Waals surface area contributed by atoms with Crippen LogP contribution in [0.15, 0.2) is 91.0 Å². The highest BCUT2D eigenvalue weighted by molar-refractivity contribution is 5.47. The third-order valence-electron chi connectivity index (χ3n) is 6.54. The van der Waals surface area contributed by atoms with E-state index in [2.05, 4.69) is 89.8 Å². The molecule has 30 heavy (non-hydrogen) atoms. The Labute approximate surface area is 180 Å². The number of nitrogens with zero attached hydrogens (tertiary/aromatic N) is 2. The van der Waals surface area contributed by atoms with E-state index >= 15 is 0 Å². The van der Waals surface area contributed by atoms with Crippen LogP contribution >= 0.6 is 0 Å². The lowest BCUT2D eigenvalue weighted by atomic mass is 9.64. The molecule has 0 aromatic heterocycles. The van der Waals surface area contributed by atoms with E-state index in [1.54, 1.807) is 0 Å². The van der Waals surface area contributed by atoms with Gasteiger partial charge in [-0.25, -0.2) is 0 Å². The number of hydrogen-bond donors (Lipinski definition) is 0. The van der Waals surface area contributed by atoms with Crippen molar-refractivity contribution in [1.29, 1.82) is 5.26 Å². The van der Waals surface area contributed by atoms with Crippen LogP contribution in [0.1, 0.15) is 36.0 Å². The first-order valence-corrected chi connectivity index (χ1v) is 11.1. The maximum atomic E-state index is 10.6. The summed E-state index contributed by atoms with van der Waals surface area (Å²) in [6.07, 6.45) is 4.52. The van der Waals surface area contributed by atoms with Crippen molar-refractivity contribution >= 4 is 0 Å². The normalized spacial score (nSPS) is 17.4. The predicted molar refractivity (Wildman–Crippen MR) is 123 cm³/mol. The van der Waals surface area contributed by atoms with Gasteiger partial charge in [-0.3, -0.25) is 0 Å². The predicted octanol–water partition coefficient (Wildman–Crippen LogP) is 5.84. The van der Waals surface area contributed by atoms with E-state index in [0.29, 0.717) is 0 Å². The highest BCUT2D eigenvalue weighted by Crippen LogP contribution is 2.42. The number of nitriles is 1. The monoisotopic (exact) mass is 394 g/mol. The molecule has 1 atom stereocenters. The first-order chi connectivity index (χ1) is 14.8. The van der Waals surface area contributed by atoms with E-state index in [1.165, 1.54) is 5.56 Å². The summed E-state index contributed by atoms with van der Waals surface area (Å²) in [7, 11) is 0. The van der Waals surface area contributed by atoms with Crippen LogP contribution in [-0.4, -0.2) is 24.5 Å². The summed E-state index contributed by atoms with van der Waals surface area (Å²) < 4.78 is 0. The molecule has 2 nitrogen and oxygen atoms in total. The minimum absolute atomic E-state index is 0.290. The fraction of sp³-hybridized carbons (Fsp3) is 0.321. The lowest BCUT2D eigenvalue weighted by molar-refractivity contribution is 0.146. The molecule has 0 unspecified atom stereocenters. The lowest BCUT2D eigenvalue weighted by Gasteiger charge is -2.42. The summed E-state index contributed by atoms with van der Waals surface area (Å²) in [5.74, 6) is 0.290. The van der Waals surface area contributed by atoms with Crippen molar-refractivity contribution in [2.75, 3.05) is 19.6 Å². The van der Waals surface area contributed by atoms with Crippen molar-refractivity contribution < 1.29 is 0 Å². The molecule has 4 rings (SSSR count). The van der Waals surface area contributed by atoms with E-state index in [0.717, 1.165) is 56.4 Å². The highest BCUT2D eigenvalue weighted by Gasteiger charge is 2.44. The Morgan fingerprint density at radius 2 is 1.40 bits per heavy atom. The highest BCUT2D eigenvalue weighted by atomic mass is 15.1. The second-order valence-corrected chi connectivity index (χ2v) is 8.38. The van der Waals surface area contributed by atoms with E-state index in [9.17, 15) is 5.26 Å². The number of aryl methyl sites for hydroxylation is 1. The van der Waals surface area contributed by atoms with Crippen LogP contribution < -0.4 is 0 Å². The SMILES string of the molecule is N#CC(c1ccccc1)(c1ccccc1)[C@H]1CCCN(CCCc2ccccc2)C1. The minimum Gasteiger partial charge on any atom is -0.303 e. The number of rotatable bonds is 7. The van der Waals surface area contributed by atoms with Gasteiger partial charge in [0.1, 0.15) is 5.41 Å². The molecule has 1 fully saturated rings. The lowest BCUT2D eigenvalue weighted by Crippen LogP contribution is -2.46. The first-order valence-electron chi connectivity index (χ1n) is 11.1. The molecule has 0 saturated carbocycles. The molecule has 0 bridgehead atoms. The Bertz CT molecular complexity index is 905. The smallest absolute Gasteiger partial charge is 0.111 e. The van der Waals surface area contributed by atoms with Crippen LogP contribution in [0.25, 0.3) is 0 Å². The van der Waals surface area contributed by atoms with Crippen LogP contribution in [0.5, 0.6) is 0 Å². The molecular weight excluding hydrogens is 364 g/mol. The summed E-state index contributed by atoms with van der Waals surface area (Å²) >= 11 is 0. The van der Waals surface area contributed by atoms with E-state index in [4.69, 9.17) is 0 Å². The zero-order chi connectivity index (χ0) is 20.7. The van der Waals surface area contributed by atoms with Gasteiger partial charge >= 0.3 is 0 Å². The Balaban J connectivity index is 1.54. The van der Waals surface area contributed by atoms with Crippen molar-refractivity contribution in [2.45, 2.75) is 31.1 Å². The van der Waals surface area contributed by atoms with Crippen molar-refractivity contribution in [3.05, 3.63) is 108 Å². The molecule has 2 heteroatoms. The van der Waals surface area contributed by atoms with E-state index in [-0.39, 0.29) is 5.92 Å². The van der Waals surface area contributed by atoms with E-state index in [1.807, 2.05) is 12.1 Å². The van der Waals surface area contributed by atoms with Gasteiger partial charge in [0.15, 0.2) is 0 Å². The van der Waals surface area contributed by atoms with Crippen molar-refractivity contribution in [3.8, 4) is 6.07 Å². The standard InChI is InChI=1S/C28H30N2/c29-23-28(25-15-6-2-7-16-25,26-17-8-3-9-18-26)27-19-11-21-30(22-27)20-10-14-24-12-4-1-5-13-24/h1-9,12-13,15-18,27H,10-11,14,19-22H2/t27-/m0/s1. The van der Waals surface area contributed by atoms with Crippen molar-refractivity contribution in [2.24, 2.45) is 5.92 Å². The maximum absolute atomic E-state index is 10.6. The molecule has 0 radical (unpaired) electrons. The molecule has 0 aliphatic carbocycles. The Morgan fingerprint density at radius 3 is 1.97 bits per heavy atom.